The maximum Gasteiger partial charge on any atom is 0.236 e. The maximum atomic E-state index is 13.0. The van der Waals surface area contributed by atoms with Crippen molar-refractivity contribution in [3.8, 4) is 16.9 Å². The molecule has 2 aliphatic rings. The molecule has 2 aliphatic heterocycles. The molecular formula is C32H36N4O3. The summed E-state index contributed by atoms with van der Waals surface area (Å²) in [5, 5.41) is 13.3. The Labute approximate surface area is 230 Å². The highest BCUT2D eigenvalue weighted by Crippen LogP contribution is 2.32. The Balaban J connectivity index is 1.10. The van der Waals surface area contributed by atoms with Gasteiger partial charge in [0.05, 0.1) is 12.5 Å². The minimum atomic E-state index is -0.175. The molecule has 39 heavy (non-hydrogen) atoms. The van der Waals surface area contributed by atoms with Gasteiger partial charge in [0.1, 0.15) is 5.75 Å². The number of aromatic hydroxyl groups is 1. The summed E-state index contributed by atoms with van der Waals surface area (Å²) in [6.45, 7) is 10.6. The lowest BCUT2D eigenvalue weighted by Gasteiger charge is -2.36. The zero-order chi connectivity index (χ0) is 27.4. The summed E-state index contributed by atoms with van der Waals surface area (Å²) >= 11 is 0. The first kappa shape index (κ1) is 26.5. The van der Waals surface area contributed by atoms with Gasteiger partial charge in [-0.3, -0.25) is 14.5 Å². The number of rotatable bonds is 7. The number of carbonyl (C=O) groups is 2. The van der Waals surface area contributed by atoms with Crippen LogP contribution in [0, 0.1) is 5.92 Å². The highest BCUT2D eigenvalue weighted by molar-refractivity contribution is 5.94. The second-order valence-electron chi connectivity index (χ2n) is 10.5. The standard InChI is InChI=1S/C32H36N4O3/c1-23(2)24-8-11-28(12-9-24)35-16-18-36(19-17-35)31(38)22-34-15-14-26(21-34)32(39)33-27-10-13-30(37)29(20-27)25-6-4-3-5-7-25/h3-13,20,26,37H,1,14-19,21-22H2,2H3,(H,33,39)/t26-/m1/s1. The van der Waals surface area contributed by atoms with Gasteiger partial charge in [-0.15, -0.1) is 0 Å². The Morgan fingerprint density at radius 1 is 0.949 bits per heavy atom. The fourth-order valence-electron chi connectivity index (χ4n) is 5.36. The Hall–Kier alpha value is -4.10. The van der Waals surface area contributed by atoms with Crippen LogP contribution in [0.2, 0.25) is 0 Å². The molecule has 2 fully saturated rings. The molecule has 0 bridgehead atoms. The monoisotopic (exact) mass is 524 g/mol. The van der Waals surface area contributed by atoms with Crippen molar-refractivity contribution in [3.63, 3.8) is 0 Å². The number of hydrogen-bond donors (Lipinski definition) is 2. The number of amides is 2. The maximum absolute atomic E-state index is 13.0. The van der Waals surface area contributed by atoms with Crippen LogP contribution >= 0.6 is 0 Å². The SMILES string of the molecule is C=C(C)c1ccc(N2CCN(C(=O)CN3CC[C@@H](C(=O)Nc4ccc(O)c(-c5ccccc5)c4)C3)CC2)cc1. The number of nitrogens with one attached hydrogen (secondary N) is 1. The number of carbonyl (C=O) groups excluding carboxylic acids is 2. The number of piperazine rings is 1. The molecule has 3 aromatic carbocycles. The number of hydrogen-bond acceptors (Lipinski definition) is 5. The van der Waals surface area contributed by atoms with Gasteiger partial charge < -0.3 is 20.2 Å². The molecular weight excluding hydrogens is 488 g/mol. The molecule has 0 spiro atoms. The smallest absolute Gasteiger partial charge is 0.236 e. The number of nitrogens with zero attached hydrogens (tertiary/aromatic N) is 3. The molecule has 3 aromatic rings. The normalized spacial score (nSPS) is 17.7. The lowest BCUT2D eigenvalue weighted by Crippen LogP contribution is -2.51. The van der Waals surface area contributed by atoms with Crippen molar-refractivity contribution in [1.29, 1.82) is 0 Å². The fourth-order valence-corrected chi connectivity index (χ4v) is 5.36. The molecule has 0 aliphatic carbocycles. The zero-order valence-electron chi connectivity index (χ0n) is 22.5. The van der Waals surface area contributed by atoms with E-state index in [9.17, 15) is 14.7 Å². The van der Waals surface area contributed by atoms with E-state index < -0.39 is 0 Å². The van der Waals surface area contributed by atoms with Gasteiger partial charge in [0.2, 0.25) is 11.8 Å². The van der Waals surface area contributed by atoms with Crippen LogP contribution in [-0.2, 0) is 9.59 Å². The third-order valence-corrected chi connectivity index (χ3v) is 7.71. The average molecular weight is 525 g/mol. The van der Waals surface area contributed by atoms with Crippen molar-refractivity contribution in [2.24, 2.45) is 5.92 Å². The quantitative estimate of drug-likeness (QED) is 0.438. The van der Waals surface area contributed by atoms with Gasteiger partial charge in [-0.25, -0.2) is 0 Å². The van der Waals surface area contributed by atoms with Crippen LogP contribution in [-0.4, -0.2) is 72.5 Å². The predicted molar refractivity (Wildman–Crippen MR) is 157 cm³/mol. The second-order valence-corrected chi connectivity index (χ2v) is 10.5. The van der Waals surface area contributed by atoms with E-state index in [1.165, 1.54) is 5.69 Å². The van der Waals surface area contributed by atoms with E-state index >= 15 is 0 Å². The number of anilines is 2. The van der Waals surface area contributed by atoms with Crippen LogP contribution in [0.1, 0.15) is 18.9 Å². The van der Waals surface area contributed by atoms with E-state index in [4.69, 9.17) is 0 Å². The van der Waals surface area contributed by atoms with E-state index in [0.717, 1.165) is 42.8 Å². The average Bonchev–Trinajstić information content (AvgIpc) is 3.43. The van der Waals surface area contributed by atoms with Crippen molar-refractivity contribution in [1.82, 2.24) is 9.80 Å². The first-order chi connectivity index (χ1) is 18.9. The topological polar surface area (TPSA) is 76.1 Å². The van der Waals surface area contributed by atoms with Crippen molar-refractivity contribution in [2.45, 2.75) is 13.3 Å². The molecule has 2 amide bonds. The number of benzene rings is 3. The largest absolute Gasteiger partial charge is 0.507 e. The Kier molecular flexibility index (Phi) is 7.98. The van der Waals surface area contributed by atoms with Crippen LogP contribution in [0.3, 0.4) is 0 Å². The molecule has 0 saturated carbocycles. The van der Waals surface area contributed by atoms with E-state index in [2.05, 4.69) is 46.0 Å². The summed E-state index contributed by atoms with van der Waals surface area (Å²) in [4.78, 5) is 32.4. The molecule has 2 saturated heterocycles. The van der Waals surface area contributed by atoms with Gasteiger partial charge in [0.15, 0.2) is 0 Å². The highest BCUT2D eigenvalue weighted by Gasteiger charge is 2.31. The van der Waals surface area contributed by atoms with E-state index in [-0.39, 0.29) is 23.5 Å². The van der Waals surface area contributed by atoms with Crippen molar-refractivity contribution in [3.05, 3.63) is 84.9 Å². The molecule has 2 heterocycles. The minimum Gasteiger partial charge on any atom is -0.507 e. The molecule has 0 aromatic heterocycles. The van der Waals surface area contributed by atoms with Crippen molar-refractivity contribution < 1.29 is 14.7 Å². The third-order valence-electron chi connectivity index (χ3n) is 7.71. The second kappa shape index (κ2) is 11.7. The first-order valence-electron chi connectivity index (χ1n) is 13.6. The van der Waals surface area contributed by atoms with Gasteiger partial charge in [-0.1, -0.05) is 54.6 Å². The summed E-state index contributed by atoms with van der Waals surface area (Å²) < 4.78 is 0. The Morgan fingerprint density at radius 2 is 1.67 bits per heavy atom. The minimum absolute atomic E-state index is 0.0547. The van der Waals surface area contributed by atoms with Crippen LogP contribution in [0.15, 0.2) is 79.4 Å². The van der Waals surface area contributed by atoms with Crippen LogP contribution < -0.4 is 10.2 Å². The molecule has 0 radical (unpaired) electrons. The van der Waals surface area contributed by atoms with E-state index in [0.29, 0.717) is 37.4 Å². The summed E-state index contributed by atoms with van der Waals surface area (Å²) in [6.07, 6.45) is 0.719. The molecule has 5 rings (SSSR count). The molecule has 2 N–H and O–H groups in total. The van der Waals surface area contributed by atoms with Crippen LogP contribution in [0.4, 0.5) is 11.4 Å². The van der Waals surface area contributed by atoms with Crippen LogP contribution in [0.25, 0.3) is 16.7 Å². The van der Waals surface area contributed by atoms with Gasteiger partial charge >= 0.3 is 0 Å². The summed E-state index contributed by atoms with van der Waals surface area (Å²) in [5.74, 6) is 0.0670. The van der Waals surface area contributed by atoms with Crippen molar-refractivity contribution >= 4 is 28.8 Å². The zero-order valence-corrected chi connectivity index (χ0v) is 22.5. The summed E-state index contributed by atoms with van der Waals surface area (Å²) in [6, 6.07) is 23.2. The first-order valence-corrected chi connectivity index (χ1v) is 13.6. The highest BCUT2D eigenvalue weighted by atomic mass is 16.3. The van der Waals surface area contributed by atoms with Crippen LogP contribution in [0.5, 0.6) is 5.75 Å². The molecule has 1 atom stereocenters. The predicted octanol–water partition coefficient (Wildman–Crippen LogP) is 4.70. The molecule has 7 nitrogen and oxygen atoms in total. The van der Waals surface area contributed by atoms with E-state index in [1.54, 1.807) is 18.2 Å². The van der Waals surface area contributed by atoms with Crippen molar-refractivity contribution in [2.75, 3.05) is 56.0 Å². The number of phenolic OH excluding ortho intramolecular Hbond substituents is 1. The third kappa shape index (κ3) is 6.32. The summed E-state index contributed by atoms with van der Waals surface area (Å²) in [5.41, 5.74) is 5.58. The van der Waals surface area contributed by atoms with Gasteiger partial charge in [-0.05, 0) is 61.3 Å². The lowest BCUT2D eigenvalue weighted by atomic mass is 10.0. The number of phenols is 1. The lowest BCUT2D eigenvalue weighted by molar-refractivity contribution is -0.132. The Bertz CT molecular complexity index is 1330. The Morgan fingerprint density at radius 3 is 2.36 bits per heavy atom. The van der Waals surface area contributed by atoms with Gasteiger partial charge in [0.25, 0.3) is 0 Å². The molecule has 202 valence electrons. The summed E-state index contributed by atoms with van der Waals surface area (Å²) in [7, 11) is 0. The van der Waals surface area contributed by atoms with Gasteiger partial charge in [0, 0.05) is 49.7 Å². The fraction of sp³-hybridized carbons (Fsp3) is 0.312. The molecule has 0 unspecified atom stereocenters. The number of likely N-dealkylation sites (tertiary alicyclic amines) is 1. The number of allylic oxidation sites excluding steroid dienone is 1. The molecule has 7 heteroatoms. The van der Waals surface area contributed by atoms with Gasteiger partial charge in [-0.2, -0.15) is 0 Å². The van der Waals surface area contributed by atoms with E-state index in [1.807, 2.05) is 42.2 Å².